The lowest BCUT2D eigenvalue weighted by Crippen LogP contribution is -2.20. The summed E-state index contributed by atoms with van der Waals surface area (Å²) in [5.74, 6) is 0.765. The van der Waals surface area contributed by atoms with Crippen LogP contribution in [0.25, 0.3) is 0 Å². The van der Waals surface area contributed by atoms with Crippen LogP contribution in [-0.2, 0) is 6.54 Å². The molecular weight excluding hydrogens is 300 g/mol. The minimum Gasteiger partial charge on any atom is -0.366 e. The summed E-state index contributed by atoms with van der Waals surface area (Å²) in [5.41, 5.74) is 10.4. The largest absolute Gasteiger partial charge is 0.366 e. The maximum Gasteiger partial charge on any atom is 0.250 e. The molecule has 128 valence electrons. The molecule has 2 aromatic rings. The predicted molar refractivity (Wildman–Crippen MR) is 93.9 cm³/mol. The molecule has 1 aliphatic carbocycles. The summed E-state index contributed by atoms with van der Waals surface area (Å²) in [6.07, 6.45) is 8.49. The van der Waals surface area contributed by atoms with Gasteiger partial charge >= 0.3 is 0 Å². The van der Waals surface area contributed by atoms with Crippen LogP contribution in [0.2, 0.25) is 0 Å². The molecule has 24 heavy (non-hydrogen) atoms. The van der Waals surface area contributed by atoms with Crippen LogP contribution >= 0.6 is 0 Å². The van der Waals surface area contributed by atoms with Gasteiger partial charge in [-0.1, -0.05) is 0 Å². The molecule has 0 spiro atoms. The molecule has 2 heterocycles. The lowest BCUT2D eigenvalue weighted by Gasteiger charge is -2.29. The van der Waals surface area contributed by atoms with E-state index in [0.29, 0.717) is 23.1 Å². The van der Waals surface area contributed by atoms with E-state index in [1.165, 1.54) is 24.1 Å². The van der Waals surface area contributed by atoms with E-state index in [1.54, 1.807) is 0 Å². The summed E-state index contributed by atoms with van der Waals surface area (Å²) in [4.78, 5) is 15.9. The number of primary amides is 1. The fourth-order valence-corrected chi connectivity index (χ4v) is 3.67. The second-order valence-electron chi connectivity index (χ2n) is 7.08. The van der Waals surface area contributed by atoms with E-state index in [4.69, 9.17) is 5.73 Å². The number of hydrogen-bond donors (Lipinski definition) is 1. The quantitative estimate of drug-likeness (QED) is 0.937. The Labute approximate surface area is 143 Å². The fourth-order valence-electron chi connectivity index (χ4n) is 3.67. The molecule has 0 unspecified atom stereocenters. The van der Waals surface area contributed by atoms with Gasteiger partial charge < -0.3 is 5.73 Å². The van der Waals surface area contributed by atoms with Gasteiger partial charge in [-0.2, -0.15) is 5.10 Å². The number of carbonyl (C=O) groups is 1. The van der Waals surface area contributed by atoms with Crippen molar-refractivity contribution < 1.29 is 4.79 Å². The van der Waals surface area contributed by atoms with E-state index in [-0.39, 0.29) is 5.91 Å². The number of nitrogens with zero attached hydrogens (tertiary/aromatic N) is 3. The SMILES string of the molecule is Cc1cnn(C[C@H]2CC[C@H](c3cnc(C)c(C(N)=O)c3)CC2)c1C. The van der Waals surface area contributed by atoms with Crippen molar-refractivity contribution in [3.8, 4) is 0 Å². The van der Waals surface area contributed by atoms with Gasteiger partial charge in [0.15, 0.2) is 0 Å². The van der Waals surface area contributed by atoms with E-state index >= 15 is 0 Å². The molecule has 2 aromatic heterocycles. The zero-order valence-corrected chi connectivity index (χ0v) is 14.7. The van der Waals surface area contributed by atoms with Crippen molar-refractivity contribution in [3.63, 3.8) is 0 Å². The van der Waals surface area contributed by atoms with Gasteiger partial charge in [-0.15, -0.1) is 0 Å². The Hall–Kier alpha value is -2.17. The highest BCUT2D eigenvalue weighted by Gasteiger charge is 2.24. The maximum absolute atomic E-state index is 11.5. The number of aromatic nitrogens is 3. The van der Waals surface area contributed by atoms with Gasteiger partial charge in [-0.05, 0) is 75.5 Å². The summed E-state index contributed by atoms with van der Waals surface area (Å²) in [5, 5.41) is 4.48. The van der Waals surface area contributed by atoms with Gasteiger partial charge in [0.05, 0.1) is 11.8 Å². The molecule has 5 heteroatoms. The van der Waals surface area contributed by atoms with Crippen LogP contribution in [0.4, 0.5) is 0 Å². The molecule has 1 aliphatic rings. The minimum atomic E-state index is -0.389. The molecular formula is C19H26N4O. The fraction of sp³-hybridized carbons (Fsp3) is 0.526. The van der Waals surface area contributed by atoms with Crippen molar-refractivity contribution in [3.05, 3.63) is 46.5 Å². The van der Waals surface area contributed by atoms with Crippen molar-refractivity contribution in [1.29, 1.82) is 0 Å². The summed E-state index contributed by atoms with van der Waals surface area (Å²) in [6, 6.07) is 1.94. The summed E-state index contributed by atoms with van der Waals surface area (Å²) < 4.78 is 2.14. The number of hydrogen-bond acceptors (Lipinski definition) is 3. The molecule has 1 saturated carbocycles. The predicted octanol–water partition coefficient (Wildman–Crippen LogP) is 3.28. The number of amides is 1. The maximum atomic E-state index is 11.5. The van der Waals surface area contributed by atoms with E-state index in [9.17, 15) is 4.79 Å². The molecule has 0 atom stereocenters. The van der Waals surface area contributed by atoms with Crippen molar-refractivity contribution in [2.24, 2.45) is 11.7 Å². The van der Waals surface area contributed by atoms with Crippen LogP contribution in [0.3, 0.4) is 0 Å². The standard InChI is InChI=1S/C19H26N4O/c1-12-9-22-23(14(12)3)11-15-4-6-16(7-5-15)17-8-18(19(20)24)13(2)21-10-17/h8-10,15-16H,4-7,11H2,1-3H3,(H2,20,24)/t15-,16-. The third kappa shape index (κ3) is 3.35. The van der Waals surface area contributed by atoms with Crippen LogP contribution in [0.1, 0.15) is 64.5 Å². The summed E-state index contributed by atoms with van der Waals surface area (Å²) in [6.45, 7) is 7.08. The molecule has 1 amide bonds. The van der Waals surface area contributed by atoms with Crippen LogP contribution in [-0.4, -0.2) is 20.7 Å². The Bertz CT molecular complexity index is 742. The van der Waals surface area contributed by atoms with Gasteiger partial charge in [0.25, 0.3) is 5.91 Å². The average Bonchev–Trinajstić information content (AvgIpc) is 2.88. The van der Waals surface area contributed by atoms with Crippen LogP contribution in [0.5, 0.6) is 0 Å². The number of carbonyl (C=O) groups excluding carboxylic acids is 1. The monoisotopic (exact) mass is 326 g/mol. The summed E-state index contributed by atoms with van der Waals surface area (Å²) >= 11 is 0. The van der Waals surface area contributed by atoms with Gasteiger partial charge in [-0.3, -0.25) is 14.5 Å². The van der Waals surface area contributed by atoms with E-state index in [2.05, 4.69) is 28.6 Å². The highest BCUT2D eigenvalue weighted by molar-refractivity contribution is 5.93. The average molecular weight is 326 g/mol. The molecule has 0 radical (unpaired) electrons. The topological polar surface area (TPSA) is 73.8 Å². The van der Waals surface area contributed by atoms with Crippen LogP contribution in [0.15, 0.2) is 18.5 Å². The first kappa shape index (κ1) is 16.7. The molecule has 0 aliphatic heterocycles. The van der Waals surface area contributed by atoms with Gasteiger partial charge in [-0.25, -0.2) is 0 Å². The Morgan fingerprint density at radius 3 is 2.50 bits per heavy atom. The van der Waals surface area contributed by atoms with Crippen LogP contribution in [0, 0.1) is 26.7 Å². The Balaban J connectivity index is 1.64. The Kier molecular flexibility index (Phi) is 4.69. The first-order valence-corrected chi connectivity index (χ1v) is 8.71. The second kappa shape index (κ2) is 6.75. The van der Waals surface area contributed by atoms with E-state index in [0.717, 1.165) is 24.9 Å². The van der Waals surface area contributed by atoms with Crippen LogP contribution < -0.4 is 5.73 Å². The van der Waals surface area contributed by atoms with E-state index in [1.807, 2.05) is 25.4 Å². The zero-order chi connectivity index (χ0) is 17.3. The molecule has 3 rings (SSSR count). The first-order chi connectivity index (χ1) is 11.5. The van der Waals surface area contributed by atoms with Gasteiger partial charge in [0.2, 0.25) is 0 Å². The first-order valence-electron chi connectivity index (χ1n) is 8.71. The molecule has 1 fully saturated rings. The molecule has 2 N–H and O–H groups in total. The highest BCUT2D eigenvalue weighted by Crippen LogP contribution is 2.36. The highest BCUT2D eigenvalue weighted by atomic mass is 16.1. The second-order valence-corrected chi connectivity index (χ2v) is 7.08. The van der Waals surface area contributed by atoms with Gasteiger partial charge in [0, 0.05) is 24.1 Å². The molecule has 0 aromatic carbocycles. The smallest absolute Gasteiger partial charge is 0.250 e. The van der Waals surface area contributed by atoms with Crippen molar-refractivity contribution in [1.82, 2.24) is 14.8 Å². The van der Waals surface area contributed by atoms with E-state index < -0.39 is 0 Å². The molecule has 0 saturated heterocycles. The Morgan fingerprint density at radius 1 is 1.21 bits per heavy atom. The van der Waals surface area contributed by atoms with Crippen molar-refractivity contribution in [2.75, 3.05) is 0 Å². The number of nitrogens with two attached hydrogens (primary N) is 1. The van der Waals surface area contributed by atoms with Gasteiger partial charge in [0.1, 0.15) is 0 Å². The van der Waals surface area contributed by atoms with Crippen molar-refractivity contribution >= 4 is 5.91 Å². The third-order valence-corrected chi connectivity index (χ3v) is 5.47. The summed E-state index contributed by atoms with van der Waals surface area (Å²) in [7, 11) is 0. The minimum absolute atomic E-state index is 0.389. The molecule has 0 bridgehead atoms. The van der Waals surface area contributed by atoms with Crippen molar-refractivity contribution in [2.45, 2.75) is 58.9 Å². The normalized spacial score (nSPS) is 21.0. The zero-order valence-electron chi connectivity index (χ0n) is 14.7. The number of rotatable bonds is 4. The lowest BCUT2D eigenvalue weighted by atomic mass is 9.79. The molecule has 5 nitrogen and oxygen atoms in total. The Morgan fingerprint density at radius 2 is 1.92 bits per heavy atom. The third-order valence-electron chi connectivity index (χ3n) is 5.47. The lowest BCUT2D eigenvalue weighted by molar-refractivity contribution is 0.0999. The number of pyridine rings is 1. The number of aryl methyl sites for hydroxylation is 2.